The zero-order chi connectivity index (χ0) is 10.6. The fraction of sp³-hybridized carbons (Fsp3) is 0.917. The van der Waals surface area contributed by atoms with Gasteiger partial charge in [-0.1, -0.05) is 20.8 Å². The van der Waals surface area contributed by atoms with Crippen molar-refractivity contribution >= 4 is 5.78 Å². The van der Waals surface area contributed by atoms with E-state index in [1.165, 1.54) is 6.42 Å². The van der Waals surface area contributed by atoms with Crippen molar-refractivity contribution in [2.24, 2.45) is 5.41 Å². The van der Waals surface area contributed by atoms with E-state index in [1.807, 2.05) is 0 Å². The number of rotatable bonds is 3. The molecule has 1 fully saturated rings. The van der Waals surface area contributed by atoms with Crippen molar-refractivity contribution in [1.82, 2.24) is 0 Å². The Morgan fingerprint density at radius 1 is 1.36 bits per heavy atom. The summed E-state index contributed by atoms with van der Waals surface area (Å²) in [5.41, 5.74) is 0.117. The van der Waals surface area contributed by atoms with Crippen molar-refractivity contribution in [3.63, 3.8) is 0 Å². The Hall–Kier alpha value is -0.370. The maximum absolute atomic E-state index is 11.6. The molecule has 2 heteroatoms. The highest BCUT2D eigenvalue weighted by molar-refractivity contribution is 5.79. The molecule has 0 N–H and O–H groups in total. The van der Waals surface area contributed by atoms with Gasteiger partial charge < -0.3 is 4.74 Å². The summed E-state index contributed by atoms with van der Waals surface area (Å²) in [5, 5.41) is 0. The molecule has 0 aromatic heterocycles. The molecule has 0 radical (unpaired) electrons. The molecule has 14 heavy (non-hydrogen) atoms. The van der Waals surface area contributed by atoms with Gasteiger partial charge in [0.15, 0.2) is 0 Å². The van der Waals surface area contributed by atoms with Crippen LogP contribution in [0.5, 0.6) is 0 Å². The monoisotopic (exact) mass is 198 g/mol. The highest BCUT2D eigenvalue weighted by Crippen LogP contribution is 2.22. The second-order valence-corrected chi connectivity index (χ2v) is 5.47. The molecule has 2 nitrogen and oxygen atoms in total. The van der Waals surface area contributed by atoms with Gasteiger partial charge in [-0.2, -0.15) is 0 Å². The Labute approximate surface area is 87.0 Å². The number of hydrogen-bond donors (Lipinski definition) is 0. The lowest BCUT2D eigenvalue weighted by atomic mass is 9.88. The molecule has 82 valence electrons. The first kappa shape index (κ1) is 11.7. The van der Waals surface area contributed by atoms with Crippen LogP contribution < -0.4 is 0 Å². The Morgan fingerprint density at radius 2 is 2.07 bits per heavy atom. The first-order valence-electron chi connectivity index (χ1n) is 5.61. The van der Waals surface area contributed by atoms with Crippen molar-refractivity contribution in [3.8, 4) is 0 Å². The molecule has 1 atom stereocenters. The quantitative estimate of drug-likeness (QED) is 0.697. The van der Waals surface area contributed by atoms with E-state index >= 15 is 0 Å². The second kappa shape index (κ2) is 4.92. The first-order valence-corrected chi connectivity index (χ1v) is 5.61. The number of ketones is 1. The number of Topliss-reactive ketones (excluding diaryl/α,β-unsaturated/α-hetero) is 1. The van der Waals surface area contributed by atoms with Gasteiger partial charge in [0.2, 0.25) is 0 Å². The highest BCUT2D eigenvalue weighted by atomic mass is 16.5. The Morgan fingerprint density at radius 3 is 2.57 bits per heavy atom. The maximum atomic E-state index is 11.6. The minimum atomic E-state index is 0.117. The zero-order valence-corrected chi connectivity index (χ0v) is 9.64. The van der Waals surface area contributed by atoms with E-state index < -0.39 is 0 Å². The van der Waals surface area contributed by atoms with E-state index in [-0.39, 0.29) is 11.5 Å². The summed E-state index contributed by atoms with van der Waals surface area (Å²) in [5.74, 6) is 0.351. The van der Waals surface area contributed by atoms with Gasteiger partial charge >= 0.3 is 0 Å². The molecule has 0 aromatic carbocycles. The van der Waals surface area contributed by atoms with Crippen molar-refractivity contribution < 1.29 is 9.53 Å². The fourth-order valence-corrected chi connectivity index (χ4v) is 1.89. The van der Waals surface area contributed by atoms with E-state index in [0.717, 1.165) is 19.4 Å². The summed E-state index contributed by atoms with van der Waals surface area (Å²) in [7, 11) is 0. The third-order valence-electron chi connectivity index (χ3n) is 2.46. The van der Waals surface area contributed by atoms with Crippen LogP contribution in [0, 0.1) is 5.41 Å². The van der Waals surface area contributed by atoms with Crippen LogP contribution in [-0.2, 0) is 9.53 Å². The Balaban J connectivity index is 2.25. The molecule has 1 saturated heterocycles. The van der Waals surface area contributed by atoms with Crippen molar-refractivity contribution in [3.05, 3.63) is 0 Å². The average molecular weight is 198 g/mol. The molecule has 1 aliphatic heterocycles. The van der Waals surface area contributed by atoms with Crippen LogP contribution in [-0.4, -0.2) is 18.5 Å². The predicted octanol–water partition coefficient (Wildman–Crippen LogP) is 2.95. The Bertz CT molecular complexity index is 185. The fourth-order valence-electron chi connectivity index (χ4n) is 1.89. The second-order valence-electron chi connectivity index (χ2n) is 5.47. The van der Waals surface area contributed by atoms with Crippen LogP contribution in [0.25, 0.3) is 0 Å². The third kappa shape index (κ3) is 4.75. The van der Waals surface area contributed by atoms with E-state index in [0.29, 0.717) is 18.6 Å². The summed E-state index contributed by atoms with van der Waals surface area (Å²) in [6.45, 7) is 7.15. The minimum absolute atomic E-state index is 0.117. The molecular weight excluding hydrogens is 176 g/mol. The summed E-state index contributed by atoms with van der Waals surface area (Å²) < 4.78 is 5.54. The molecular formula is C12H22O2. The van der Waals surface area contributed by atoms with Gasteiger partial charge in [0.1, 0.15) is 5.78 Å². The first-order chi connectivity index (χ1) is 6.47. The number of carbonyl (C=O) groups is 1. The van der Waals surface area contributed by atoms with E-state index in [2.05, 4.69) is 20.8 Å². The van der Waals surface area contributed by atoms with Gasteiger partial charge in [-0.15, -0.1) is 0 Å². The van der Waals surface area contributed by atoms with Gasteiger partial charge in [0.05, 0.1) is 6.10 Å². The molecule has 1 aliphatic rings. The molecule has 0 spiro atoms. The lowest BCUT2D eigenvalue weighted by molar-refractivity contribution is -0.124. The van der Waals surface area contributed by atoms with Gasteiger partial charge in [-0.25, -0.2) is 0 Å². The van der Waals surface area contributed by atoms with Crippen LogP contribution in [0.1, 0.15) is 52.9 Å². The summed E-state index contributed by atoms with van der Waals surface area (Å²) in [6, 6.07) is 0. The van der Waals surface area contributed by atoms with Gasteiger partial charge in [-0.05, 0) is 24.7 Å². The molecule has 1 unspecified atom stereocenters. The molecule has 0 amide bonds. The maximum Gasteiger partial charge on any atom is 0.136 e. The molecule has 0 aliphatic carbocycles. The largest absolute Gasteiger partial charge is 0.378 e. The van der Waals surface area contributed by atoms with E-state index in [9.17, 15) is 4.79 Å². The topological polar surface area (TPSA) is 26.3 Å². The standard InChI is InChI=1S/C12H22O2/c1-12(2,3)9-10(13)8-11-6-4-5-7-14-11/h11H,4-9H2,1-3H3. The zero-order valence-electron chi connectivity index (χ0n) is 9.64. The normalized spacial score (nSPS) is 23.5. The van der Waals surface area contributed by atoms with Crippen LogP contribution in [0.3, 0.4) is 0 Å². The molecule has 0 bridgehead atoms. The van der Waals surface area contributed by atoms with Crippen LogP contribution in [0.4, 0.5) is 0 Å². The molecule has 1 heterocycles. The predicted molar refractivity (Wildman–Crippen MR) is 57.3 cm³/mol. The molecule has 1 rings (SSSR count). The average Bonchev–Trinajstić information content (AvgIpc) is 2.02. The SMILES string of the molecule is CC(C)(C)CC(=O)CC1CCCCO1. The smallest absolute Gasteiger partial charge is 0.136 e. The summed E-state index contributed by atoms with van der Waals surface area (Å²) in [6.07, 6.45) is 4.94. The van der Waals surface area contributed by atoms with Gasteiger partial charge in [-0.3, -0.25) is 4.79 Å². The van der Waals surface area contributed by atoms with Crippen molar-refractivity contribution in [1.29, 1.82) is 0 Å². The van der Waals surface area contributed by atoms with E-state index in [4.69, 9.17) is 4.74 Å². The van der Waals surface area contributed by atoms with Crippen LogP contribution in [0.2, 0.25) is 0 Å². The van der Waals surface area contributed by atoms with Crippen LogP contribution >= 0.6 is 0 Å². The lowest BCUT2D eigenvalue weighted by Gasteiger charge is -2.23. The van der Waals surface area contributed by atoms with Gasteiger partial charge in [0.25, 0.3) is 0 Å². The van der Waals surface area contributed by atoms with Crippen LogP contribution in [0.15, 0.2) is 0 Å². The summed E-state index contributed by atoms with van der Waals surface area (Å²) in [4.78, 5) is 11.6. The minimum Gasteiger partial charge on any atom is -0.378 e. The molecule has 0 saturated carbocycles. The third-order valence-corrected chi connectivity index (χ3v) is 2.46. The highest BCUT2D eigenvalue weighted by Gasteiger charge is 2.21. The summed E-state index contributed by atoms with van der Waals surface area (Å²) >= 11 is 0. The Kier molecular flexibility index (Phi) is 4.11. The van der Waals surface area contributed by atoms with Crippen molar-refractivity contribution in [2.45, 2.75) is 59.0 Å². The van der Waals surface area contributed by atoms with E-state index in [1.54, 1.807) is 0 Å². The number of ether oxygens (including phenoxy) is 1. The number of carbonyl (C=O) groups excluding carboxylic acids is 1. The number of hydrogen-bond acceptors (Lipinski definition) is 2. The molecule has 0 aromatic rings. The van der Waals surface area contributed by atoms with Crippen molar-refractivity contribution in [2.75, 3.05) is 6.61 Å². The van der Waals surface area contributed by atoms with Gasteiger partial charge in [0, 0.05) is 19.4 Å². The lowest BCUT2D eigenvalue weighted by Crippen LogP contribution is -2.24.